The highest BCUT2D eigenvalue weighted by molar-refractivity contribution is 6.34. The standard InChI is InChI=1S/C19H16N2O4/c1-25-14-4-2-3-13(10-14)21-18(23)15-8-5-11(9-16(15)19(21)24)17(22)20-12-6-7-12/h2-5,8-10,12H,6-7H2,1H3,(H,20,22). The Morgan fingerprint density at radius 2 is 1.84 bits per heavy atom. The number of ether oxygens (including phenoxy) is 1. The summed E-state index contributed by atoms with van der Waals surface area (Å²) in [6, 6.07) is 11.6. The van der Waals surface area contributed by atoms with Crippen molar-refractivity contribution < 1.29 is 19.1 Å². The Morgan fingerprint density at radius 3 is 2.56 bits per heavy atom. The number of nitrogens with one attached hydrogen (secondary N) is 1. The van der Waals surface area contributed by atoms with E-state index in [2.05, 4.69) is 5.32 Å². The molecular weight excluding hydrogens is 320 g/mol. The molecule has 0 saturated heterocycles. The maximum Gasteiger partial charge on any atom is 0.266 e. The SMILES string of the molecule is COc1cccc(N2C(=O)c3ccc(C(=O)NC4CC4)cc3C2=O)c1. The number of carbonyl (C=O) groups is 3. The van der Waals surface area contributed by atoms with E-state index in [9.17, 15) is 14.4 Å². The first kappa shape index (κ1) is 15.4. The lowest BCUT2D eigenvalue weighted by molar-refractivity contribution is 0.0923. The summed E-state index contributed by atoms with van der Waals surface area (Å²) in [5.74, 6) is -0.499. The van der Waals surface area contributed by atoms with Gasteiger partial charge in [-0.2, -0.15) is 0 Å². The fraction of sp³-hybridized carbons (Fsp3) is 0.211. The number of amides is 3. The van der Waals surface area contributed by atoms with Crippen molar-refractivity contribution in [1.82, 2.24) is 5.32 Å². The molecule has 25 heavy (non-hydrogen) atoms. The van der Waals surface area contributed by atoms with Gasteiger partial charge in [-0.15, -0.1) is 0 Å². The Balaban J connectivity index is 1.67. The van der Waals surface area contributed by atoms with Gasteiger partial charge in [-0.1, -0.05) is 6.07 Å². The Bertz CT molecular complexity index is 902. The van der Waals surface area contributed by atoms with E-state index >= 15 is 0 Å². The predicted octanol–water partition coefficient (Wildman–Crippen LogP) is 2.39. The van der Waals surface area contributed by atoms with Gasteiger partial charge in [0.1, 0.15) is 5.75 Å². The lowest BCUT2D eigenvalue weighted by Crippen LogP contribution is -2.29. The van der Waals surface area contributed by atoms with Crippen LogP contribution in [0.4, 0.5) is 5.69 Å². The number of fused-ring (bicyclic) bond motifs is 1. The maximum atomic E-state index is 12.7. The number of nitrogens with zero attached hydrogens (tertiary/aromatic N) is 1. The van der Waals surface area contributed by atoms with Crippen molar-refractivity contribution in [1.29, 1.82) is 0 Å². The normalized spacial score (nSPS) is 16.0. The number of methoxy groups -OCH3 is 1. The first-order valence-corrected chi connectivity index (χ1v) is 8.06. The molecule has 126 valence electrons. The summed E-state index contributed by atoms with van der Waals surface area (Å²) in [6.07, 6.45) is 1.97. The molecule has 0 spiro atoms. The Hall–Kier alpha value is -3.15. The van der Waals surface area contributed by atoms with Gasteiger partial charge in [0.25, 0.3) is 17.7 Å². The number of rotatable bonds is 4. The molecule has 1 heterocycles. The molecular formula is C19H16N2O4. The molecule has 2 aliphatic rings. The zero-order valence-corrected chi connectivity index (χ0v) is 13.6. The van der Waals surface area contributed by atoms with Gasteiger partial charge in [0.2, 0.25) is 0 Å². The number of hydrogen-bond donors (Lipinski definition) is 1. The molecule has 6 nitrogen and oxygen atoms in total. The van der Waals surface area contributed by atoms with Crippen LogP contribution in [0.3, 0.4) is 0 Å². The van der Waals surface area contributed by atoms with Crippen LogP contribution >= 0.6 is 0 Å². The molecule has 1 aliphatic heterocycles. The minimum absolute atomic E-state index is 0.217. The van der Waals surface area contributed by atoms with Gasteiger partial charge in [-0.3, -0.25) is 14.4 Å². The molecule has 0 unspecified atom stereocenters. The predicted molar refractivity (Wildman–Crippen MR) is 91.1 cm³/mol. The summed E-state index contributed by atoms with van der Waals surface area (Å²) in [5.41, 5.74) is 1.38. The van der Waals surface area contributed by atoms with E-state index in [1.807, 2.05) is 0 Å². The van der Waals surface area contributed by atoms with Crippen LogP contribution in [0.1, 0.15) is 43.9 Å². The Morgan fingerprint density at radius 1 is 1.08 bits per heavy atom. The van der Waals surface area contributed by atoms with Gasteiger partial charge < -0.3 is 10.1 Å². The quantitative estimate of drug-likeness (QED) is 0.870. The summed E-state index contributed by atoms with van der Waals surface area (Å²) in [7, 11) is 1.52. The van der Waals surface area contributed by atoms with Gasteiger partial charge in [-0.25, -0.2) is 4.90 Å². The summed E-state index contributed by atoms with van der Waals surface area (Å²) in [6.45, 7) is 0. The molecule has 4 rings (SSSR count). The number of imide groups is 1. The van der Waals surface area contributed by atoms with Crippen LogP contribution in [0, 0.1) is 0 Å². The van der Waals surface area contributed by atoms with Crippen LogP contribution in [-0.4, -0.2) is 30.9 Å². The second kappa shape index (κ2) is 5.73. The van der Waals surface area contributed by atoms with E-state index < -0.39 is 11.8 Å². The first-order valence-electron chi connectivity index (χ1n) is 8.06. The van der Waals surface area contributed by atoms with Crippen LogP contribution < -0.4 is 15.0 Å². The van der Waals surface area contributed by atoms with Gasteiger partial charge in [-0.05, 0) is 43.2 Å². The fourth-order valence-electron chi connectivity index (χ4n) is 2.86. The van der Waals surface area contributed by atoms with Crippen molar-refractivity contribution in [2.75, 3.05) is 12.0 Å². The second-order valence-corrected chi connectivity index (χ2v) is 6.16. The van der Waals surface area contributed by atoms with E-state index in [0.717, 1.165) is 17.7 Å². The zero-order valence-electron chi connectivity index (χ0n) is 13.6. The van der Waals surface area contributed by atoms with Gasteiger partial charge in [0.05, 0.1) is 23.9 Å². The van der Waals surface area contributed by atoms with Gasteiger partial charge in [0, 0.05) is 17.7 Å². The number of carbonyl (C=O) groups excluding carboxylic acids is 3. The van der Waals surface area contributed by atoms with Crippen LogP contribution in [0.25, 0.3) is 0 Å². The smallest absolute Gasteiger partial charge is 0.266 e. The molecule has 2 aromatic rings. The molecule has 1 N–H and O–H groups in total. The van der Waals surface area contributed by atoms with E-state index in [1.54, 1.807) is 30.3 Å². The zero-order chi connectivity index (χ0) is 17.6. The average Bonchev–Trinajstić information content (AvgIpc) is 3.41. The van der Waals surface area contributed by atoms with Crippen molar-refractivity contribution in [2.24, 2.45) is 0 Å². The molecule has 1 fully saturated rings. The average molecular weight is 336 g/mol. The fourth-order valence-corrected chi connectivity index (χ4v) is 2.86. The van der Waals surface area contributed by atoms with Crippen molar-refractivity contribution in [3.8, 4) is 5.75 Å². The third-order valence-corrected chi connectivity index (χ3v) is 4.37. The molecule has 6 heteroatoms. The molecule has 1 aliphatic carbocycles. The molecule has 1 saturated carbocycles. The lowest BCUT2D eigenvalue weighted by atomic mass is 10.1. The Kier molecular flexibility index (Phi) is 3.53. The van der Waals surface area contributed by atoms with Crippen LogP contribution in [0.15, 0.2) is 42.5 Å². The molecule has 0 atom stereocenters. The second-order valence-electron chi connectivity index (χ2n) is 6.16. The topological polar surface area (TPSA) is 75.7 Å². The molecule has 2 aromatic carbocycles. The minimum Gasteiger partial charge on any atom is -0.497 e. The first-order chi connectivity index (χ1) is 12.1. The molecule has 0 aromatic heterocycles. The van der Waals surface area contributed by atoms with Crippen molar-refractivity contribution in [2.45, 2.75) is 18.9 Å². The molecule has 0 radical (unpaired) electrons. The summed E-state index contributed by atoms with van der Waals surface area (Å²) in [5, 5.41) is 2.88. The summed E-state index contributed by atoms with van der Waals surface area (Å²) < 4.78 is 5.15. The van der Waals surface area contributed by atoms with E-state index in [0.29, 0.717) is 22.6 Å². The third-order valence-electron chi connectivity index (χ3n) is 4.37. The third kappa shape index (κ3) is 2.65. The lowest BCUT2D eigenvalue weighted by Gasteiger charge is -2.14. The highest BCUT2D eigenvalue weighted by Crippen LogP contribution is 2.31. The van der Waals surface area contributed by atoms with E-state index in [-0.39, 0.29) is 17.5 Å². The van der Waals surface area contributed by atoms with Gasteiger partial charge in [0.15, 0.2) is 0 Å². The number of anilines is 1. The summed E-state index contributed by atoms with van der Waals surface area (Å²) in [4.78, 5) is 38.7. The Labute approximate surface area is 144 Å². The number of benzene rings is 2. The van der Waals surface area contributed by atoms with Crippen LogP contribution in [0.5, 0.6) is 5.75 Å². The van der Waals surface area contributed by atoms with E-state index in [1.165, 1.54) is 19.2 Å². The van der Waals surface area contributed by atoms with E-state index in [4.69, 9.17) is 4.74 Å². The van der Waals surface area contributed by atoms with Crippen molar-refractivity contribution >= 4 is 23.4 Å². The largest absolute Gasteiger partial charge is 0.497 e. The minimum atomic E-state index is -0.436. The van der Waals surface area contributed by atoms with Crippen LogP contribution in [0.2, 0.25) is 0 Å². The number of hydrogen-bond acceptors (Lipinski definition) is 4. The summed E-state index contributed by atoms with van der Waals surface area (Å²) >= 11 is 0. The van der Waals surface area contributed by atoms with Crippen molar-refractivity contribution in [3.63, 3.8) is 0 Å². The highest BCUT2D eigenvalue weighted by atomic mass is 16.5. The van der Waals surface area contributed by atoms with Gasteiger partial charge >= 0.3 is 0 Å². The maximum absolute atomic E-state index is 12.7. The van der Waals surface area contributed by atoms with Crippen molar-refractivity contribution in [3.05, 3.63) is 59.2 Å². The highest BCUT2D eigenvalue weighted by Gasteiger charge is 2.37. The van der Waals surface area contributed by atoms with Crippen LogP contribution in [-0.2, 0) is 0 Å². The molecule has 0 bridgehead atoms. The monoisotopic (exact) mass is 336 g/mol. The molecule has 3 amide bonds.